The molecule has 1 aromatic carbocycles. The van der Waals surface area contributed by atoms with Gasteiger partial charge in [0.2, 0.25) is 0 Å². The van der Waals surface area contributed by atoms with E-state index in [9.17, 15) is 4.79 Å². The highest BCUT2D eigenvalue weighted by Crippen LogP contribution is 2.24. The lowest BCUT2D eigenvalue weighted by molar-refractivity contribution is 0.0129. The van der Waals surface area contributed by atoms with E-state index in [1.807, 2.05) is 6.92 Å². The topological polar surface area (TPSA) is 50.1 Å². The van der Waals surface area contributed by atoms with Crippen LogP contribution < -0.4 is 0 Å². The molecule has 4 heteroatoms. The number of aryl methyl sites for hydroxylation is 1. The molecule has 1 rings (SSSR count). The van der Waals surface area contributed by atoms with Crippen molar-refractivity contribution in [3.63, 3.8) is 0 Å². The standard InChI is InChI=1S/C14H16ClNO2/c1-9-5-6-11(7-12(9)15)13(17)18-10(2)14(3,4)8-16/h5-7,10H,1-4H3. The summed E-state index contributed by atoms with van der Waals surface area (Å²) < 4.78 is 5.27. The summed E-state index contributed by atoms with van der Waals surface area (Å²) in [6.07, 6.45) is -0.491. The van der Waals surface area contributed by atoms with Crippen LogP contribution >= 0.6 is 11.6 Å². The van der Waals surface area contributed by atoms with E-state index in [-0.39, 0.29) is 0 Å². The molecular weight excluding hydrogens is 250 g/mol. The number of benzene rings is 1. The van der Waals surface area contributed by atoms with Gasteiger partial charge in [-0.25, -0.2) is 4.79 Å². The van der Waals surface area contributed by atoms with Crippen molar-refractivity contribution in [2.75, 3.05) is 0 Å². The number of hydrogen-bond acceptors (Lipinski definition) is 3. The molecule has 0 spiro atoms. The largest absolute Gasteiger partial charge is 0.457 e. The summed E-state index contributed by atoms with van der Waals surface area (Å²) in [5.74, 6) is -0.465. The smallest absolute Gasteiger partial charge is 0.338 e. The Labute approximate surface area is 112 Å². The van der Waals surface area contributed by atoms with Gasteiger partial charge >= 0.3 is 5.97 Å². The van der Waals surface area contributed by atoms with Crippen LogP contribution in [0.15, 0.2) is 18.2 Å². The van der Waals surface area contributed by atoms with Crippen LogP contribution in [0.4, 0.5) is 0 Å². The number of carbonyl (C=O) groups excluding carboxylic acids is 1. The summed E-state index contributed by atoms with van der Waals surface area (Å²) in [6, 6.07) is 7.12. The van der Waals surface area contributed by atoms with Gasteiger partial charge in [0, 0.05) is 5.02 Å². The third-order valence-corrected chi connectivity index (χ3v) is 3.40. The average molecular weight is 266 g/mol. The first kappa shape index (κ1) is 14.5. The van der Waals surface area contributed by atoms with Crippen LogP contribution in [0.25, 0.3) is 0 Å². The second-order valence-corrected chi connectivity index (χ2v) is 5.25. The Bertz CT molecular complexity index is 503. The van der Waals surface area contributed by atoms with Gasteiger partial charge in [-0.3, -0.25) is 0 Å². The molecule has 0 saturated carbocycles. The number of nitrogens with zero attached hydrogens (tertiary/aromatic N) is 1. The van der Waals surface area contributed by atoms with Gasteiger partial charge in [0.25, 0.3) is 0 Å². The average Bonchev–Trinajstić information content (AvgIpc) is 2.32. The first-order chi connectivity index (χ1) is 8.27. The van der Waals surface area contributed by atoms with Crippen LogP contribution in [0.1, 0.15) is 36.7 Å². The van der Waals surface area contributed by atoms with Gasteiger partial charge in [-0.1, -0.05) is 17.7 Å². The number of hydrogen-bond donors (Lipinski definition) is 0. The number of carbonyl (C=O) groups is 1. The zero-order valence-electron chi connectivity index (χ0n) is 11.0. The van der Waals surface area contributed by atoms with Crippen molar-refractivity contribution in [2.24, 2.45) is 5.41 Å². The Morgan fingerprint density at radius 1 is 1.50 bits per heavy atom. The summed E-state index contributed by atoms with van der Waals surface area (Å²) in [7, 11) is 0. The lowest BCUT2D eigenvalue weighted by Crippen LogP contribution is -2.30. The minimum absolute atomic E-state index is 0.395. The quantitative estimate of drug-likeness (QED) is 0.782. The molecule has 0 bridgehead atoms. The molecule has 0 aliphatic rings. The number of halogens is 1. The van der Waals surface area contributed by atoms with E-state index in [4.69, 9.17) is 21.6 Å². The zero-order valence-corrected chi connectivity index (χ0v) is 11.7. The maximum absolute atomic E-state index is 11.9. The Kier molecular flexibility index (Phi) is 4.37. The van der Waals surface area contributed by atoms with Crippen molar-refractivity contribution in [3.05, 3.63) is 34.3 Å². The van der Waals surface area contributed by atoms with Crippen LogP contribution in [0.2, 0.25) is 5.02 Å². The fourth-order valence-corrected chi connectivity index (χ4v) is 1.37. The summed E-state index contributed by atoms with van der Waals surface area (Å²) in [6.45, 7) is 7.02. The van der Waals surface area contributed by atoms with Gasteiger partial charge in [-0.15, -0.1) is 0 Å². The van der Waals surface area contributed by atoms with Crippen LogP contribution in [0.5, 0.6) is 0 Å². The molecule has 3 nitrogen and oxygen atoms in total. The number of nitriles is 1. The molecule has 0 saturated heterocycles. The monoisotopic (exact) mass is 265 g/mol. The predicted octanol–water partition coefficient (Wildman–Crippen LogP) is 3.74. The van der Waals surface area contributed by atoms with Crippen molar-refractivity contribution in [1.29, 1.82) is 5.26 Å². The van der Waals surface area contributed by atoms with E-state index < -0.39 is 17.5 Å². The van der Waals surface area contributed by atoms with Gasteiger partial charge in [0.05, 0.1) is 17.0 Å². The highest BCUT2D eigenvalue weighted by molar-refractivity contribution is 6.31. The van der Waals surface area contributed by atoms with Crippen LogP contribution in [0.3, 0.4) is 0 Å². The lowest BCUT2D eigenvalue weighted by Gasteiger charge is -2.24. The zero-order chi connectivity index (χ0) is 13.9. The Hall–Kier alpha value is -1.53. The lowest BCUT2D eigenvalue weighted by atomic mass is 9.89. The van der Waals surface area contributed by atoms with Crippen molar-refractivity contribution in [1.82, 2.24) is 0 Å². The molecule has 1 atom stereocenters. The van der Waals surface area contributed by atoms with Crippen LogP contribution in [-0.4, -0.2) is 12.1 Å². The van der Waals surface area contributed by atoms with E-state index in [0.717, 1.165) is 5.56 Å². The molecule has 0 aromatic heterocycles. The second kappa shape index (κ2) is 5.41. The van der Waals surface area contributed by atoms with E-state index >= 15 is 0 Å². The number of rotatable bonds is 3. The summed E-state index contributed by atoms with van der Waals surface area (Å²) in [5, 5.41) is 9.49. The molecule has 96 valence electrons. The maximum Gasteiger partial charge on any atom is 0.338 e. The normalized spacial score (nSPS) is 12.7. The minimum atomic E-state index is -0.718. The van der Waals surface area contributed by atoms with E-state index in [0.29, 0.717) is 10.6 Å². The maximum atomic E-state index is 11.9. The molecule has 0 radical (unpaired) electrons. The van der Waals surface area contributed by atoms with Gasteiger partial charge in [-0.2, -0.15) is 5.26 Å². The Morgan fingerprint density at radius 2 is 2.11 bits per heavy atom. The molecular formula is C14H16ClNO2. The van der Waals surface area contributed by atoms with Crippen molar-refractivity contribution >= 4 is 17.6 Å². The van der Waals surface area contributed by atoms with Crippen LogP contribution in [-0.2, 0) is 4.74 Å². The molecule has 0 aliphatic carbocycles. The van der Waals surface area contributed by atoms with Crippen molar-refractivity contribution in [2.45, 2.75) is 33.8 Å². The first-order valence-corrected chi connectivity index (χ1v) is 6.04. The third kappa shape index (κ3) is 3.24. The van der Waals surface area contributed by atoms with Crippen molar-refractivity contribution in [3.8, 4) is 6.07 Å². The van der Waals surface area contributed by atoms with Gasteiger partial charge < -0.3 is 4.74 Å². The minimum Gasteiger partial charge on any atom is -0.457 e. The highest BCUT2D eigenvalue weighted by Gasteiger charge is 2.29. The molecule has 1 unspecified atom stereocenters. The second-order valence-electron chi connectivity index (χ2n) is 4.84. The molecule has 0 amide bonds. The molecule has 0 fully saturated rings. The Morgan fingerprint density at radius 3 is 2.61 bits per heavy atom. The van der Waals surface area contributed by atoms with Crippen LogP contribution in [0, 0.1) is 23.7 Å². The Balaban J connectivity index is 2.84. The SMILES string of the molecule is Cc1ccc(C(=O)OC(C)C(C)(C)C#N)cc1Cl. The van der Waals surface area contributed by atoms with Crippen molar-refractivity contribution < 1.29 is 9.53 Å². The van der Waals surface area contributed by atoms with E-state index in [1.54, 1.807) is 39.0 Å². The molecule has 0 N–H and O–H groups in total. The third-order valence-electron chi connectivity index (χ3n) is 3.00. The van der Waals surface area contributed by atoms with Gasteiger partial charge in [-0.05, 0) is 45.4 Å². The fraction of sp³-hybridized carbons (Fsp3) is 0.429. The summed E-state index contributed by atoms with van der Waals surface area (Å²) >= 11 is 5.95. The summed E-state index contributed by atoms with van der Waals surface area (Å²) in [4.78, 5) is 11.9. The molecule has 0 aliphatic heterocycles. The summed E-state index contributed by atoms with van der Waals surface area (Å²) in [5.41, 5.74) is 0.578. The fourth-order valence-electron chi connectivity index (χ4n) is 1.19. The molecule has 18 heavy (non-hydrogen) atoms. The number of ether oxygens (including phenoxy) is 1. The van der Waals surface area contributed by atoms with E-state index in [2.05, 4.69) is 6.07 Å². The van der Waals surface area contributed by atoms with E-state index in [1.165, 1.54) is 0 Å². The first-order valence-electron chi connectivity index (χ1n) is 5.66. The molecule has 0 heterocycles. The molecule has 1 aromatic rings. The predicted molar refractivity (Wildman–Crippen MR) is 70.5 cm³/mol. The van der Waals surface area contributed by atoms with Gasteiger partial charge in [0.1, 0.15) is 6.10 Å². The van der Waals surface area contributed by atoms with Gasteiger partial charge in [0.15, 0.2) is 0 Å². The highest BCUT2D eigenvalue weighted by atomic mass is 35.5. The number of esters is 1.